The largest absolute Gasteiger partial charge is 0.351 e. The third-order valence-corrected chi connectivity index (χ3v) is 3.34. The van der Waals surface area contributed by atoms with Crippen LogP contribution in [0.25, 0.3) is 0 Å². The van der Waals surface area contributed by atoms with Gasteiger partial charge in [-0.15, -0.1) is 0 Å². The minimum Gasteiger partial charge on any atom is -0.351 e. The van der Waals surface area contributed by atoms with E-state index in [1.165, 1.54) is 6.20 Å². The maximum atomic E-state index is 12.0. The second-order valence-corrected chi connectivity index (χ2v) is 4.05. The van der Waals surface area contributed by atoms with E-state index in [2.05, 4.69) is 5.16 Å². The van der Waals surface area contributed by atoms with E-state index in [-0.39, 0.29) is 5.91 Å². The van der Waals surface area contributed by atoms with Crippen LogP contribution in [0.15, 0.2) is 16.8 Å². The third-order valence-electron chi connectivity index (χ3n) is 3.34. The Morgan fingerprint density at radius 2 is 2.00 bits per heavy atom. The molecule has 1 aromatic rings. The van der Waals surface area contributed by atoms with Gasteiger partial charge in [-0.05, 0) is 25.7 Å². The Kier molecular flexibility index (Phi) is 1.63. The lowest BCUT2D eigenvalue weighted by atomic mass is 10.0. The average Bonchev–Trinajstić information content (AvgIpc) is 2.94. The van der Waals surface area contributed by atoms with E-state index in [9.17, 15) is 4.79 Å². The normalized spacial score (nSPS) is 29.9. The number of aromatic nitrogens is 1. The van der Waals surface area contributed by atoms with Gasteiger partial charge < -0.3 is 9.42 Å². The molecule has 0 atom stereocenters. The van der Waals surface area contributed by atoms with Crippen molar-refractivity contribution in [1.82, 2.24) is 10.1 Å². The number of amides is 1. The summed E-state index contributed by atoms with van der Waals surface area (Å²) in [6.07, 6.45) is 6.15. The number of nitrogens with zero attached hydrogens (tertiary/aromatic N) is 2. The van der Waals surface area contributed by atoms with Crippen LogP contribution < -0.4 is 0 Å². The Morgan fingerprint density at radius 1 is 1.36 bits per heavy atom. The maximum absolute atomic E-state index is 12.0. The molecule has 0 unspecified atom stereocenters. The van der Waals surface area contributed by atoms with Gasteiger partial charge in [0.15, 0.2) is 0 Å². The molecule has 0 N–H and O–H groups in total. The number of fused-ring (bicyclic) bond motifs is 2. The molecule has 2 aliphatic rings. The van der Waals surface area contributed by atoms with Gasteiger partial charge in [0.1, 0.15) is 0 Å². The predicted molar refractivity (Wildman–Crippen MR) is 48.7 cm³/mol. The predicted octanol–water partition coefficient (Wildman–Crippen LogP) is 1.44. The lowest BCUT2D eigenvalue weighted by Crippen LogP contribution is -2.34. The first kappa shape index (κ1) is 8.03. The highest BCUT2D eigenvalue weighted by Gasteiger charge is 2.43. The maximum Gasteiger partial charge on any atom is 0.292 e. The summed E-state index contributed by atoms with van der Waals surface area (Å²) in [4.78, 5) is 13.9. The second kappa shape index (κ2) is 2.83. The zero-order valence-corrected chi connectivity index (χ0v) is 7.85. The lowest BCUT2D eigenvalue weighted by molar-refractivity contribution is 0.0687. The zero-order valence-electron chi connectivity index (χ0n) is 7.85. The van der Waals surface area contributed by atoms with Crippen molar-refractivity contribution in [3.05, 3.63) is 18.0 Å². The number of rotatable bonds is 1. The molecular formula is C10H12N2O2. The fraction of sp³-hybridized carbons (Fsp3) is 0.600. The van der Waals surface area contributed by atoms with Crippen LogP contribution in [0, 0.1) is 0 Å². The molecule has 4 nitrogen and oxygen atoms in total. The van der Waals surface area contributed by atoms with Crippen LogP contribution in [-0.4, -0.2) is 28.0 Å². The minimum atomic E-state index is 0.0208. The first-order valence-corrected chi connectivity index (χ1v) is 5.09. The van der Waals surface area contributed by atoms with Crippen LogP contribution >= 0.6 is 0 Å². The van der Waals surface area contributed by atoms with Crippen molar-refractivity contribution in [2.24, 2.45) is 0 Å². The van der Waals surface area contributed by atoms with Crippen molar-refractivity contribution in [3.63, 3.8) is 0 Å². The highest BCUT2D eigenvalue weighted by atomic mass is 16.5. The number of hydrogen-bond donors (Lipinski definition) is 0. The lowest BCUT2D eigenvalue weighted by Gasteiger charge is -2.19. The molecule has 2 bridgehead atoms. The van der Waals surface area contributed by atoms with E-state index in [1.54, 1.807) is 6.07 Å². The van der Waals surface area contributed by atoms with Crippen LogP contribution in [0.4, 0.5) is 0 Å². The van der Waals surface area contributed by atoms with Crippen molar-refractivity contribution in [3.8, 4) is 0 Å². The second-order valence-electron chi connectivity index (χ2n) is 4.05. The molecule has 2 aliphatic heterocycles. The van der Waals surface area contributed by atoms with Gasteiger partial charge in [-0.2, -0.15) is 0 Å². The molecule has 4 heteroatoms. The Hall–Kier alpha value is -1.32. The SMILES string of the molecule is O=C(c1ccno1)N1C2CCC1CC2. The standard InChI is InChI=1S/C10H12N2O2/c13-10(9-5-6-11-14-9)12-7-1-2-8(12)4-3-7/h5-8H,1-4H2. The molecule has 0 saturated carbocycles. The zero-order chi connectivity index (χ0) is 9.54. The molecular weight excluding hydrogens is 180 g/mol. The van der Waals surface area contributed by atoms with Crippen LogP contribution in [-0.2, 0) is 0 Å². The number of carbonyl (C=O) groups excluding carboxylic acids is 1. The monoisotopic (exact) mass is 192 g/mol. The van der Waals surface area contributed by atoms with Gasteiger partial charge in [0.2, 0.25) is 5.76 Å². The quantitative estimate of drug-likeness (QED) is 0.676. The van der Waals surface area contributed by atoms with Crippen LogP contribution in [0.5, 0.6) is 0 Å². The number of carbonyl (C=O) groups is 1. The fourth-order valence-electron chi connectivity index (χ4n) is 2.70. The Morgan fingerprint density at radius 3 is 2.50 bits per heavy atom. The Labute approximate surface area is 81.9 Å². The van der Waals surface area contributed by atoms with Gasteiger partial charge in [0.25, 0.3) is 5.91 Å². The van der Waals surface area contributed by atoms with Crippen LogP contribution in [0.1, 0.15) is 36.2 Å². The van der Waals surface area contributed by atoms with Gasteiger partial charge in [0.05, 0.1) is 6.20 Å². The van der Waals surface area contributed by atoms with Crippen molar-refractivity contribution in [2.75, 3.05) is 0 Å². The first-order chi connectivity index (χ1) is 6.86. The summed E-state index contributed by atoms with van der Waals surface area (Å²) in [5.41, 5.74) is 0. The molecule has 3 heterocycles. The van der Waals surface area contributed by atoms with Gasteiger partial charge >= 0.3 is 0 Å². The van der Waals surface area contributed by atoms with Crippen molar-refractivity contribution in [1.29, 1.82) is 0 Å². The van der Waals surface area contributed by atoms with Gasteiger partial charge in [-0.25, -0.2) is 0 Å². The summed E-state index contributed by atoms with van der Waals surface area (Å²) in [6, 6.07) is 2.55. The van der Waals surface area contributed by atoms with E-state index in [4.69, 9.17) is 4.52 Å². The third kappa shape index (κ3) is 0.997. The molecule has 0 aliphatic carbocycles. The topological polar surface area (TPSA) is 46.3 Å². The average molecular weight is 192 g/mol. The molecule has 0 spiro atoms. The highest BCUT2D eigenvalue weighted by molar-refractivity contribution is 5.92. The van der Waals surface area contributed by atoms with Crippen molar-refractivity contribution in [2.45, 2.75) is 37.8 Å². The van der Waals surface area contributed by atoms with Crippen LogP contribution in [0.2, 0.25) is 0 Å². The molecule has 3 rings (SSSR count). The Balaban J connectivity index is 1.87. The molecule has 0 aromatic carbocycles. The van der Waals surface area contributed by atoms with E-state index < -0.39 is 0 Å². The van der Waals surface area contributed by atoms with E-state index in [0.717, 1.165) is 25.7 Å². The Bertz CT molecular complexity index is 327. The highest BCUT2D eigenvalue weighted by Crippen LogP contribution is 2.38. The van der Waals surface area contributed by atoms with Crippen molar-refractivity contribution >= 4 is 5.91 Å². The summed E-state index contributed by atoms with van der Waals surface area (Å²) in [5.74, 6) is 0.399. The molecule has 74 valence electrons. The molecule has 2 fully saturated rings. The first-order valence-electron chi connectivity index (χ1n) is 5.09. The molecule has 1 aromatic heterocycles. The fourth-order valence-corrected chi connectivity index (χ4v) is 2.70. The summed E-state index contributed by atoms with van der Waals surface area (Å²) in [6.45, 7) is 0. The minimum absolute atomic E-state index is 0.0208. The number of hydrogen-bond acceptors (Lipinski definition) is 3. The summed E-state index contributed by atoms with van der Waals surface area (Å²) < 4.78 is 4.89. The van der Waals surface area contributed by atoms with Gasteiger partial charge in [-0.3, -0.25) is 4.79 Å². The summed E-state index contributed by atoms with van der Waals surface area (Å²) >= 11 is 0. The van der Waals surface area contributed by atoms with Crippen LogP contribution in [0.3, 0.4) is 0 Å². The van der Waals surface area contributed by atoms with Gasteiger partial charge in [0, 0.05) is 18.2 Å². The smallest absolute Gasteiger partial charge is 0.292 e. The molecule has 14 heavy (non-hydrogen) atoms. The van der Waals surface area contributed by atoms with E-state index >= 15 is 0 Å². The summed E-state index contributed by atoms with van der Waals surface area (Å²) in [5, 5.41) is 3.56. The summed E-state index contributed by atoms with van der Waals surface area (Å²) in [7, 11) is 0. The van der Waals surface area contributed by atoms with E-state index in [0.29, 0.717) is 17.8 Å². The molecule has 1 amide bonds. The molecule has 0 radical (unpaired) electrons. The molecule has 2 saturated heterocycles. The van der Waals surface area contributed by atoms with Gasteiger partial charge in [-0.1, -0.05) is 5.16 Å². The van der Waals surface area contributed by atoms with Crippen molar-refractivity contribution < 1.29 is 9.32 Å². The van der Waals surface area contributed by atoms with E-state index in [1.807, 2.05) is 4.90 Å².